The zero-order chi connectivity index (χ0) is 19.4. The molecule has 1 aliphatic heterocycles. The molecule has 0 radical (unpaired) electrons. The Hall–Kier alpha value is -2.41. The molecule has 1 saturated heterocycles. The third-order valence-corrected chi connectivity index (χ3v) is 4.98. The summed E-state index contributed by atoms with van der Waals surface area (Å²) in [5.41, 5.74) is 4.00. The molecule has 1 aliphatic rings. The average Bonchev–Trinajstić information content (AvgIpc) is 2.94. The first-order chi connectivity index (χ1) is 13.0. The number of hydrogen-bond acceptors (Lipinski definition) is 3. The van der Waals surface area contributed by atoms with Crippen LogP contribution in [-0.4, -0.2) is 40.4 Å². The van der Waals surface area contributed by atoms with Gasteiger partial charge in [0, 0.05) is 30.9 Å². The Bertz CT molecular complexity index is 788. The van der Waals surface area contributed by atoms with E-state index in [-0.39, 0.29) is 18.0 Å². The molecule has 0 aliphatic carbocycles. The molecule has 6 nitrogen and oxygen atoms in total. The van der Waals surface area contributed by atoms with Crippen molar-refractivity contribution in [2.24, 2.45) is 0 Å². The fourth-order valence-electron chi connectivity index (χ4n) is 3.41. The van der Waals surface area contributed by atoms with E-state index in [0.717, 1.165) is 35.5 Å². The Morgan fingerprint density at radius 1 is 1.33 bits per heavy atom. The molecule has 2 amide bonds. The van der Waals surface area contributed by atoms with Crippen LogP contribution in [0.25, 0.3) is 0 Å². The largest absolute Gasteiger partial charge is 0.370 e. The second-order valence-electron chi connectivity index (χ2n) is 6.89. The number of ether oxygens (including phenoxy) is 1. The van der Waals surface area contributed by atoms with Gasteiger partial charge in [-0.15, -0.1) is 0 Å². The maximum Gasteiger partial charge on any atom is 0.317 e. The van der Waals surface area contributed by atoms with Gasteiger partial charge in [0.25, 0.3) is 0 Å². The van der Waals surface area contributed by atoms with Crippen LogP contribution in [0.3, 0.4) is 0 Å². The Morgan fingerprint density at radius 3 is 2.78 bits per heavy atom. The molecule has 1 aromatic heterocycles. The maximum atomic E-state index is 13.1. The van der Waals surface area contributed by atoms with Gasteiger partial charge in [0.1, 0.15) is 11.9 Å². The van der Waals surface area contributed by atoms with Crippen molar-refractivity contribution >= 4 is 6.03 Å². The van der Waals surface area contributed by atoms with Crippen molar-refractivity contribution in [2.75, 3.05) is 19.7 Å². The average molecular weight is 374 g/mol. The van der Waals surface area contributed by atoms with Crippen LogP contribution in [0.5, 0.6) is 0 Å². The second kappa shape index (κ2) is 8.52. The molecule has 1 atom stereocenters. The highest BCUT2D eigenvalue weighted by molar-refractivity contribution is 5.74. The topological polar surface area (TPSA) is 59.4 Å². The molecule has 2 aromatic rings. The number of aromatic nitrogens is 2. The van der Waals surface area contributed by atoms with Crippen LogP contribution >= 0.6 is 0 Å². The highest BCUT2D eigenvalue weighted by Crippen LogP contribution is 2.22. The van der Waals surface area contributed by atoms with Crippen molar-refractivity contribution < 1.29 is 13.9 Å². The van der Waals surface area contributed by atoms with Gasteiger partial charge < -0.3 is 15.0 Å². The number of benzene rings is 1. The highest BCUT2D eigenvalue weighted by atomic mass is 19.1. The Kier molecular flexibility index (Phi) is 6.11. The van der Waals surface area contributed by atoms with Crippen molar-refractivity contribution in [3.63, 3.8) is 0 Å². The summed E-state index contributed by atoms with van der Waals surface area (Å²) in [6, 6.07) is 6.12. The normalized spacial score (nSPS) is 17.2. The van der Waals surface area contributed by atoms with Crippen molar-refractivity contribution in [1.82, 2.24) is 20.0 Å². The SMILES string of the molecule is CCCn1nc(C)c(CNC(=O)N2CCO[C@@H](c3ccc(F)cc3)C2)c1C. The van der Waals surface area contributed by atoms with Gasteiger partial charge in [-0.2, -0.15) is 5.10 Å². The zero-order valence-electron chi connectivity index (χ0n) is 16.2. The lowest BCUT2D eigenvalue weighted by Crippen LogP contribution is -2.47. The van der Waals surface area contributed by atoms with Gasteiger partial charge in [-0.1, -0.05) is 19.1 Å². The third kappa shape index (κ3) is 4.47. The molecule has 2 heterocycles. The van der Waals surface area contributed by atoms with Gasteiger partial charge >= 0.3 is 6.03 Å². The highest BCUT2D eigenvalue weighted by Gasteiger charge is 2.25. The summed E-state index contributed by atoms with van der Waals surface area (Å²) in [6.45, 7) is 8.91. The Labute approximate surface area is 159 Å². The first-order valence-corrected chi connectivity index (χ1v) is 9.42. The number of amides is 2. The van der Waals surface area contributed by atoms with Gasteiger partial charge in [0.15, 0.2) is 0 Å². The lowest BCUT2D eigenvalue weighted by atomic mass is 10.1. The fraction of sp³-hybridized carbons (Fsp3) is 0.500. The van der Waals surface area contributed by atoms with Crippen LogP contribution in [0.2, 0.25) is 0 Å². The summed E-state index contributed by atoms with van der Waals surface area (Å²) >= 11 is 0. The van der Waals surface area contributed by atoms with E-state index in [1.54, 1.807) is 17.0 Å². The summed E-state index contributed by atoms with van der Waals surface area (Å²) in [4.78, 5) is 14.4. The molecular formula is C20H27FN4O2. The molecule has 0 unspecified atom stereocenters. The summed E-state index contributed by atoms with van der Waals surface area (Å²) in [6.07, 6.45) is 0.785. The van der Waals surface area contributed by atoms with Gasteiger partial charge in [0.05, 0.1) is 18.8 Å². The van der Waals surface area contributed by atoms with E-state index in [0.29, 0.717) is 26.2 Å². The smallest absolute Gasteiger partial charge is 0.317 e. The van der Waals surface area contributed by atoms with Gasteiger partial charge in [-0.25, -0.2) is 9.18 Å². The van der Waals surface area contributed by atoms with Crippen LogP contribution in [-0.2, 0) is 17.8 Å². The number of carbonyl (C=O) groups is 1. The minimum atomic E-state index is -0.279. The molecule has 7 heteroatoms. The molecular weight excluding hydrogens is 347 g/mol. The monoisotopic (exact) mass is 374 g/mol. The number of aryl methyl sites for hydroxylation is 2. The van der Waals surface area contributed by atoms with Gasteiger partial charge in [-0.3, -0.25) is 4.68 Å². The quantitative estimate of drug-likeness (QED) is 0.873. The van der Waals surface area contributed by atoms with E-state index in [2.05, 4.69) is 17.3 Å². The van der Waals surface area contributed by atoms with Crippen molar-refractivity contribution in [2.45, 2.75) is 46.4 Å². The van der Waals surface area contributed by atoms with Crippen LogP contribution in [0, 0.1) is 19.7 Å². The standard InChI is InChI=1S/C20H27FN4O2/c1-4-9-25-15(3)18(14(2)23-25)12-22-20(26)24-10-11-27-19(13-24)16-5-7-17(21)8-6-16/h5-8,19H,4,9-13H2,1-3H3,(H,22,26)/t19-/m1/s1. The second-order valence-corrected chi connectivity index (χ2v) is 6.89. The number of rotatable bonds is 5. The minimum Gasteiger partial charge on any atom is -0.370 e. The first kappa shape index (κ1) is 19.4. The number of hydrogen-bond donors (Lipinski definition) is 1. The third-order valence-electron chi connectivity index (χ3n) is 4.98. The number of morpholine rings is 1. The zero-order valence-corrected chi connectivity index (χ0v) is 16.2. The van der Waals surface area contributed by atoms with Crippen LogP contribution in [0.1, 0.15) is 42.0 Å². The van der Waals surface area contributed by atoms with Gasteiger partial charge in [0.2, 0.25) is 0 Å². The lowest BCUT2D eigenvalue weighted by molar-refractivity contribution is -0.0155. The van der Waals surface area contributed by atoms with E-state index in [1.807, 2.05) is 18.5 Å². The summed E-state index contributed by atoms with van der Waals surface area (Å²) < 4.78 is 20.9. The van der Waals surface area contributed by atoms with Crippen molar-refractivity contribution in [1.29, 1.82) is 0 Å². The fourth-order valence-corrected chi connectivity index (χ4v) is 3.41. The number of carbonyl (C=O) groups excluding carboxylic acids is 1. The van der Waals surface area contributed by atoms with E-state index < -0.39 is 0 Å². The van der Waals surface area contributed by atoms with Crippen molar-refractivity contribution in [3.8, 4) is 0 Å². The minimum absolute atomic E-state index is 0.118. The lowest BCUT2D eigenvalue weighted by Gasteiger charge is -2.33. The molecule has 0 bridgehead atoms. The molecule has 27 heavy (non-hydrogen) atoms. The number of halogens is 1. The van der Waals surface area contributed by atoms with E-state index >= 15 is 0 Å². The molecule has 1 N–H and O–H groups in total. The Morgan fingerprint density at radius 2 is 2.07 bits per heavy atom. The molecule has 3 rings (SSSR count). The van der Waals surface area contributed by atoms with E-state index in [4.69, 9.17) is 4.74 Å². The molecule has 0 spiro atoms. The van der Waals surface area contributed by atoms with E-state index in [9.17, 15) is 9.18 Å². The predicted molar refractivity (Wildman–Crippen MR) is 101 cm³/mol. The Balaban J connectivity index is 1.60. The van der Waals surface area contributed by atoms with E-state index in [1.165, 1.54) is 12.1 Å². The maximum absolute atomic E-state index is 13.1. The van der Waals surface area contributed by atoms with Crippen LogP contribution in [0.15, 0.2) is 24.3 Å². The summed E-state index contributed by atoms with van der Waals surface area (Å²) in [5.74, 6) is -0.279. The number of nitrogens with zero attached hydrogens (tertiary/aromatic N) is 3. The van der Waals surface area contributed by atoms with Crippen molar-refractivity contribution in [3.05, 3.63) is 52.6 Å². The summed E-state index contributed by atoms with van der Waals surface area (Å²) in [7, 11) is 0. The predicted octanol–water partition coefficient (Wildman–Crippen LogP) is 3.33. The molecule has 1 fully saturated rings. The first-order valence-electron chi connectivity index (χ1n) is 9.42. The molecule has 1 aromatic carbocycles. The van der Waals surface area contributed by atoms with Gasteiger partial charge in [-0.05, 0) is 38.0 Å². The van der Waals surface area contributed by atoms with Crippen LogP contribution in [0.4, 0.5) is 9.18 Å². The molecule has 146 valence electrons. The van der Waals surface area contributed by atoms with Crippen LogP contribution < -0.4 is 5.32 Å². The summed E-state index contributed by atoms with van der Waals surface area (Å²) in [5, 5.41) is 7.56. The number of nitrogens with one attached hydrogen (secondary N) is 1. The number of urea groups is 1. The molecule has 0 saturated carbocycles.